The Balaban J connectivity index is 2.17. The molecule has 82 valence electrons. The molecule has 5 heteroatoms. The van der Waals surface area contributed by atoms with E-state index in [2.05, 4.69) is 0 Å². The Morgan fingerprint density at radius 1 is 1.60 bits per heavy atom. The van der Waals surface area contributed by atoms with Gasteiger partial charge in [-0.05, 0) is 0 Å². The molecule has 5 nitrogen and oxygen atoms in total. The van der Waals surface area contributed by atoms with Crippen molar-refractivity contribution in [3.05, 3.63) is 28.7 Å². The van der Waals surface area contributed by atoms with E-state index in [1.165, 1.54) is 6.07 Å². The molecule has 2 rings (SSSR count). The first-order valence-corrected chi connectivity index (χ1v) is 4.79. The van der Waals surface area contributed by atoms with Gasteiger partial charge >= 0.3 is 0 Å². The fourth-order valence-electron chi connectivity index (χ4n) is 1.65. The lowest BCUT2D eigenvalue weighted by Crippen LogP contribution is -2.48. The van der Waals surface area contributed by atoms with E-state index in [1.54, 1.807) is 12.4 Å². The topological polar surface area (TPSA) is 77.5 Å². The van der Waals surface area contributed by atoms with Crippen molar-refractivity contribution in [2.45, 2.75) is 6.54 Å². The van der Waals surface area contributed by atoms with Crippen LogP contribution in [0.25, 0.3) is 0 Å². The Morgan fingerprint density at radius 2 is 2.33 bits per heavy atom. The normalized spacial score (nSPS) is 18.5. The summed E-state index contributed by atoms with van der Waals surface area (Å²) in [6.45, 7) is 1.80. The molecule has 1 aromatic heterocycles. The van der Waals surface area contributed by atoms with Crippen LogP contribution in [0.3, 0.4) is 0 Å². The lowest BCUT2D eigenvalue weighted by Gasteiger charge is -2.40. The quantitative estimate of drug-likeness (QED) is 0.701. The number of nitrogens with zero attached hydrogens (tertiary/aromatic N) is 1. The third-order valence-electron chi connectivity index (χ3n) is 2.68. The molecular formula is C10H14N2O3. The van der Waals surface area contributed by atoms with Crippen molar-refractivity contribution in [3.63, 3.8) is 0 Å². The molecule has 0 bridgehead atoms. The predicted octanol–water partition coefficient (Wildman–Crippen LogP) is -0.561. The van der Waals surface area contributed by atoms with Gasteiger partial charge < -0.3 is 20.1 Å². The van der Waals surface area contributed by atoms with Gasteiger partial charge in [0.15, 0.2) is 0 Å². The molecule has 0 amide bonds. The van der Waals surface area contributed by atoms with Crippen LogP contribution in [-0.4, -0.2) is 29.5 Å². The molecule has 0 atom stereocenters. The van der Waals surface area contributed by atoms with Gasteiger partial charge in [-0.1, -0.05) is 0 Å². The first kappa shape index (κ1) is 10.2. The van der Waals surface area contributed by atoms with E-state index in [-0.39, 0.29) is 23.1 Å². The summed E-state index contributed by atoms with van der Waals surface area (Å²) in [6.07, 6.45) is 3.27. The zero-order chi connectivity index (χ0) is 10.9. The highest BCUT2D eigenvalue weighted by Crippen LogP contribution is 2.28. The summed E-state index contributed by atoms with van der Waals surface area (Å²) in [5, 5.41) is 9.24. The van der Waals surface area contributed by atoms with Crippen LogP contribution in [0, 0.1) is 5.41 Å². The molecule has 1 fully saturated rings. The second-order valence-electron chi connectivity index (χ2n) is 4.09. The Morgan fingerprint density at radius 3 is 2.80 bits per heavy atom. The number of hydrogen-bond acceptors (Lipinski definition) is 4. The average Bonchev–Trinajstić information content (AvgIpc) is 2.17. The standard InChI is InChI=1S/C10H14N2O3/c11-8-3-12(2-1-9(8)14)4-10(5-13)6-15-7-10/h1-3,13H,4-7,11H2. The van der Waals surface area contributed by atoms with Crippen LogP contribution in [0.5, 0.6) is 0 Å². The highest BCUT2D eigenvalue weighted by atomic mass is 16.5. The molecule has 0 radical (unpaired) electrons. The van der Waals surface area contributed by atoms with Gasteiger partial charge in [-0.3, -0.25) is 4.79 Å². The van der Waals surface area contributed by atoms with E-state index in [0.29, 0.717) is 19.8 Å². The van der Waals surface area contributed by atoms with Gasteiger partial charge in [0.25, 0.3) is 0 Å². The molecule has 2 heterocycles. The van der Waals surface area contributed by atoms with Crippen LogP contribution in [0.15, 0.2) is 23.3 Å². The van der Waals surface area contributed by atoms with Crippen molar-refractivity contribution >= 4 is 5.69 Å². The van der Waals surface area contributed by atoms with Gasteiger partial charge in [0.05, 0.1) is 30.9 Å². The Kier molecular flexibility index (Phi) is 2.50. The number of hydrogen-bond donors (Lipinski definition) is 2. The lowest BCUT2D eigenvalue weighted by molar-refractivity contribution is -0.144. The molecule has 1 aliphatic heterocycles. The first-order chi connectivity index (χ1) is 7.15. The minimum Gasteiger partial charge on any atom is -0.396 e. The molecular weight excluding hydrogens is 196 g/mol. The lowest BCUT2D eigenvalue weighted by atomic mass is 9.87. The zero-order valence-corrected chi connectivity index (χ0v) is 8.35. The second-order valence-corrected chi connectivity index (χ2v) is 4.09. The SMILES string of the molecule is Nc1cn(CC2(CO)COC2)ccc1=O. The number of rotatable bonds is 3. The fourth-order valence-corrected chi connectivity index (χ4v) is 1.65. The number of aliphatic hydroxyl groups excluding tert-OH is 1. The van der Waals surface area contributed by atoms with Gasteiger partial charge in [0.1, 0.15) is 0 Å². The number of ether oxygens (including phenoxy) is 1. The van der Waals surface area contributed by atoms with Crippen LogP contribution in [0.4, 0.5) is 5.69 Å². The maximum atomic E-state index is 11.1. The van der Waals surface area contributed by atoms with Crippen molar-refractivity contribution < 1.29 is 9.84 Å². The molecule has 1 aliphatic rings. The molecule has 1 saturated heterocycles. The summed E-state index contributed by atoms with van der Waals surface area (Å²) in [4.78, 5) is 11.1. The van der Waals surface area contributed by atoms with Gasteiger partial charge in [-0.25, -0.2) is 0 Å². The molecule has 0 unspecified atom stereocenters. The van der Waals surface area contributed by atoms with Gasteiger partial charge in [-0.15, -0.1) is 0 Å². The summed E-state index contributed by atoms with van der Waals surface area (Å²) in [5.74, 6) is 0. The maximum Gasteiger partial charge on any atom is 0.204 e. The molecule has 0 aromatic carbocycles. The second kappa shape index (κ2) is 3.67. The number of nitrogen functional groups attached to an aromatic ring is 1. The van der Waals surface area contributed by atoms with Crippen molar-refractivity contribution in [2.24, 2.45) is 5.41 Å². The van der Waals surface area contributed by atoms with E-state index in [4.69, 9.17) is 10.5 Å². The van der Waals surface area contributed by atoms with E-state index in [1.807, 2.05) is 4.57 Å². The average molecular weight is 210 g/mol. The summed E-state index contributed by atoms with van der Waals surface area (Å²) < 4.78 is 6.90. The minimum atomic E-state index is -0.207. The first-order valence-electron chi connectivity index (χ1n) is 4.79. The van der Waals surface area contributed by atoms with Crippen molar-refractivity contribution in [3.8, 4) is 0 Å². The summed E-state index contributed by atoms with van der Waals surface area (Å²) >= 11 is 0. The summed E-state index contributed by atoms with van der Waals surface area (Å²) in [5.41, 5.74) is 5.36. The number of nitrogens with two attached hydrogens (primary N) is 1. The highest BCUT2D eigenvalue weighted by molar-refractivity contribution is 5.33. The van der Waals surface area contributed by atoms with Gasteiger partial charge in [0.2, 0.25) is 5.43 Å². The van der Waals surface area contributed by atoms with Crippen LogP contribution in [-0.2, 0) is 11.3 Å². The van der Waals surface area contributed by atoms with Crippen LogP contribution >= 0.6 is 0 Å². The third-order valence-corrected chi connectivity index (χ3v) is 2.68. The van der Waals surface area contributed by atoms with E-state index in [0.717, 1.165) is 0 Å². The molecule has 0 saturated carbocycles. The smallest absolute Gasteiger partial charge is 0.204 e. The van der Waals surface area contributed by atoms with E-state index >= 15 is 0 Å². The molecule has 15 heavy (non-hydrogen) atoms. The zero-order valence-electron chi connectivity index (χ0n) is 8.35. The number of aliphatic hydroxyl groups is 1. The molecule has 1 aromatic rings. The molecule has 3 N–H and O–H groups in total. The number of pyridine rings is 1. The Hall–Kier alpha value is -1.33. The minimum absolute atomic E-state index is 0.0824. The maximum absolute atomic E-state index is 11.1. The predicted molar refractivity (Wildman–Crippen MR) is 55.5 cm³/mol. The van der Waals surface area contributed by atoms with E-state index < -0.39 is 0 Å². The van der Waals surface area contributed by atoms with Crippen LogP contribution in [0.1, 0.15) is 0 Å². The van der Waals surface area contributed by atoms with Crippen LogP contribution < -0.4 is 11.2 Å². The Bertz CT molecular complexity index is 404. The molecule has 0 aliphatic carbocycles. The largest absolute Gasteiger partial charge is 0.396 e. The van der Waals surface area contributed by atoms with Crippen LogP contribution in [0.2, 0.25) is 0 Å². The summed E-state index contributed by atoms with van der Waals surface area (Å²) in [7, 11) is 0. The molecule has 0 spiro atoms. The third kappa shape index (κ3) is 1.88. The highest BCUT2D eigenvalue weighted by Gasteiger charge is 2.38. The number of aromatic nitrogens is 1. The summed E-state index contributed by atoms with van der Waals surface area (Å²) in [6, 6.07) is 1.43. The van der Waals surface area contributed by atoms with Crippen molar-refractivity contribution in [1.29, 1.82) is 0 Å². The van der Waals surface area contributed by atoms with Crippen molar-refractivity contribution in [1.82, 2.24) is 4.57 Å². The monoisotopic (exact) mass is 210 g/mol. The van der Waals surface area contributed by atoms with Crippen molar-refractivity contribution in [2.75, 3.05) is 25.6 Å². The van der Waals surface area contributed by atoms with Gasteiger partial charge in [0, 0.05) is 25.0 Å². The van der Waals surface area contributed by atoms with E-state index in [9.17, 15) is 9.90 Å². The van der Waals surface area contributed by atoms with Gasteiger partial charge in [-0.2, -0.15) is 0 Å². The fraction of sp³-hybridized carbons (Fsp3) is 0.500. The number of anilines is 1. The Labute approximate surface area is 87.1 Å².